The van der Waals surface area contributed by atoms with E-state index in [-0.39, 0.29) is 23.9 Å². The number of amides is 1. The molecule has 1 aromatic rings. The summed E-state index contributed by atoms with van der Waals surface area (Å²) in [6, 6.07) is -0.0217. The summed E-state index contributed by atoms with van der Waals surface area (Å²) in [4.78, 5) is 30.2. The molecule has 18 heavy (non-hydrogen) atoms. The summed E-state index contributed by atoms with van der Waals surface area (Å²) in [6.07, 6.45) is 2.34. The molecule has 1 amide bonds. The third-order valence-electron chi connectivity index (χ3n) is 4.03. The number of rotatable bonds is 2. The molecule has 5 nitrogen and oxygen atoms in total. The molecule has 3 atom stereocenters. The molecule has 1 N–H and O–H groups in total. The maximum atomic E-state index is 12.5. The maximum absolute atomic E-state index is 12.5. The molecule has 0 aromatic carbocycles. The van der Waals surface area contributed by atoms with Crippen LogP contribution in [0.5, 0.6) is 0 Å². The highest BCUT2D eigenvalue weighted by atomic mass is 32.1. The number of carboxylic acids is 1. The average molecular weight is 266 g/mol. The van der Waals surface area contributed by atoms with E-state index in [0.717, 1.165) is 18.5 Å². The molecule has 0 aliphatic carbocycles. The van der Waals surface area contributed by atoms with Gasteiger partial charge in [-0.05, 0) is 26.2 Å². The largest absolute Gasteiger partial charge is 0.481 e. The molecule has 2 fully saturated rings. The summed E-state index contributed by atoms with van der Waals surface area (Å²) in [6.45, 7) is 1.82. The number of hydrogen-bond acceptors (Lipinski definition) is 4. The van der Waals surface area contributed by atoms with Crippen molar-refractivity contribution in [2.45, 2.75) is 38.3 Å². The Morgan fingerprint density at radius 2 is 2.28 bits per heavy atom. The number of hydrogen-bond donors (Lipinski definition) is 1. The summed E-state index contributed by atoms with van der Waals surface area (Å²) >= 11 is 1.34. The van der Waals surface area contributed by atoms with Crippen LogP contribution in [0.1, 0.15) is 34.6 Å². The number of aryl methyl sites for hydroxylation is 1. The first-order valence-electron chi connectivity index (χ1n) is 6.05. The van der Waals surface area contributed by atoms with Crippen molar-refractivity contribution < 1.29 is 14.7 Å². The fourth-order valence-electron chi connectivity index (χ4n) is 3.20. The molecule has 3 rings (SSSR count). The second-order valence-electron chi connectivity index (χ2n) is 4.96. The minimum absolute atomic E-state index is 0.0359. The zero-order valence-electron chi connectivity index (χ0n) is 10.00. The fourth-order valence-corrected chi connectivity index (χ4v) is 3.94. The molecule has 1 aromatic heterocycles. The highest BCUT2D eigenvalue weighted by Gasteiger charge is 2.51. The quantitative estimate of drug-likeness (QED) is 0.881. The van der Waals surface area contributed by atoms with Gasteiger partial charge in [0.2, 0.25) is 0 Å². The van der Waals surface area contributed by atoms with Crippen molar-refractivity contribution in [3.63, 3.8) is 0 Å². The third kappa shape index (κ3) is 1.55. The van der Waals surface area contributed by atoms with Crippen molar-refractivity contribution in [2.75, 3.05) is 0 Å². The lowest BCUT2D eigenvalue weighted by atomic mass is 9.89. The zero-order valence-corrected chi connectivity index (χ0v) is 10.8. The van der Waals surface area contributed by atoms with Crippen LogP contribution in [-0.2, 0) is 4.79 Å². The molecule has 0 spiro atoms. The molecule has 96 valence electrons. The minimum Gasteiger partial charge on any atom is -0.481 e. The molecule has 2 saturated heterocycles. The molecule has 2 aliphatic heterocycles. The van der Waals surface area contributed by atoms with Gasteiger partial charge < -0.3 is 10.0 Å². The van der Waals surface area contributed by atoms with Gasteiger partial charge in [-0.15, -0.1) is 11.3 Å². The monoisotopic (exact) mass is 266 g/mol. The summed E-state index contributed by atoms with van der Waals surface area (Å²) in [7, 11) is 0. The summed E-state index contributed by atoms with van der Waals surface area (Å²) in [5.74, 6) is -1.20. The van der Waals surface area contributed by atoms with Gasteiger partial charge in [0, 0.05) is 12.1 Å². The van der Waals surface area contributed by atoms with Gasteiger partial charge in [-0.2, -0.15) is 0 Å². The van der Waals surface area contributed by atoms with Crippen LogP contribution in [0.15, 0.2) is 5.51 Å². The Labute approximate surface area is 108 Å². The van der Waals surface area contributed by atoms with Crippen LogP contribution < -0.4 is 0 Å². The lowest BCUT2D eigenvalue weighted by molar-refractivity contribution is -0.142. The van der Waals surface area contributed by atoms with Gasteiger partial charge in [0.15, 0.2) is 0 Å². The van der Waals surface area contributed by atoms with Gasteiger partial charge >= 0.3 is 5.97 Å². The van der Waals surface area contributed by atoms with Crippen LogP contribution in [0, 0.1) is 12.8 Å². The molecular formula is C12H14N2O3S. The molecule has 6 heteroatoms. The highest BCUT2D eigenvalue weighted by molar-refractivity contribution is 7.11. The molecule has 2 bridgehead atoms. The Bertz CT molecular complexity index is 513. The number of carbonyl (C=O) groups excluding carboxylic acids is 1. The van der Waals surface area contributed by atoms with Crippen molar-refractivity contribution in [1.82, 2.24) is 9.88 Å². The minimum atomic E-state index is -0.777. The average Bonchev–Trinajstić information content (AvgIpc) is 3.01. The van der Waals surface area contributed by atoms with E-state index in [1.807, 2.05) is 6.92 Å². The Morgan fingerprint density at radius 3 is 2.83 bits per heavy atom. The molecule has 0 saturated carbocycles. The second kappa shape index (κ2) is 4.05. The van der Waals surface area contributed by atoms with Crippen LogP contribution >= 0.6 is 11.3 Å². The lowest BCUT2D eigenvalue weighted by Crippen LogP contribution is -2.37. The number of carboxylic acid groups (broad SMARTS) is 1. The molecule has 3 heterocycles. The number of fused-ring (bicyclic) bond motifs is 2. The van der Waals surface area contributed by atoms with E-state index in [1.165, 1.54) is 11.3 Å². The van der Waals surface area contributed by atoms with Gasteiger partial charge in [-0.3, -0.25) is 9.59 Å². The first-order chi connectivity index (χ1) is 8.59. The van der Waals surface area contributed by atoms with Gasteiger partial charge in [0.25, 0.3) is 5.91 Å². The Kier molecular flexibility index (Phi) is 2.62. The smallest absolute Gasteiger partial charge is 0.308 e. The summed E-state index contributed by atoms with van der Waals surface area (Å²) in [5.41, 5.74) is 2.40. The molecule has 0 radical (unpaired) electrons. The fraction of sp³-hybridized carbons (Fsp3) is 0.583. The zero-order chi connectivity index (χ0) is 12.9. The van der Waals surface area contributed by atoms with Crippen LogP contribution in [0.25, 0.3) is 0 Å². The molecular weight excluding hydrogens is 252 g/mol. The third-order valence-corrected chi connectivity index (χ3v) is 4.94. The lowest BCUT2D eigenvalue weighted by Gasteiger charge is -2.22. The van der Waals surface area contributed by atoms with Crippen LogP contribution in [0.4, 0.5) is 0 Å². The summed E-state index contributed by atoms with van der Waals surface area (Å²) in [5, 5.41) is 9.17. The van der Waals surface area contributed by atoms with Gasteiger partial charge in [-0.1, -0.05) is 0 Å². The van der Waals surface area contributed by atoms with Crippen molar-refractivity contribution in [3.05, 3.63) is 16.1 Å². The number of aromatic nitrogens is 1. The van der Waals surface area contributed by atoms with E-state index in [0.29, 0.717) is 11.3 Å². The highest BCUT2D eigenvalue weighted by Crippen LogP contribution is 2.43. The van der Waals surface area contributed by atoms with Crippen molar-refractivity contribution in [2.24, 2.45) is 5.92 Å². The Morgan fingerprint density at radius 1 is 1.50 bits per heavy atom. The van der Waals surface area contributed by atoms with Gasteiger partial charge in [0.1, 0.15) is 4.88 Å². The standard InChI is InChI=1S/C12H14N2O3S/c1-6-10(18-5-13-6)11(15)14-7-2-3-9(14)8(4-7)12(16)17/h5,7-9H,2-4H2,1H3,(H,16,17). The van der Waals surface area contributed by atoms with E-state index in [4.69, 9.17) is 0 Å². The first kappa shape index (κ1) is 11.6. The van der Waals surface area contributed by atoms with E-state index in [9.17, 15) is 14.7 Å². The van der Waals surface area contributed by atoms with Crippen molar-refractivity contribution in [3.8, 4) is 0 Å². The molecule has 2 aliphatic rings. The normalized spacial score (nSPS) is 29.8. The van der Waals surface area contributed by atoms with E-state index in [1.54, 1.807) is 10.4 Å². The number of nitrogens with zero attached hydrogens (tertiary/aromatic N) is 2. The predicted molar refractivity (Wildman–Crippen MR) is 65.6 cm³/mol. The SMILES string of the molecule is Cc1ncsc1C(=O)N1C2CCC1C(C(=O)O)C2. The maximum Gasteiger partial charge on any atom is 0.308 e. The Hall–Kier alpha value is -1.43. The van der Waals surface area contributed by atoms with E-state index in [2.05, 4.69) is 4.98 Å². The molecule has 3 unspecified atom stereocenters. The first-order valence-corrected chi connectivity index (χ1v) is 6.93. The van der Waals surface area contributed by atoms with Crippen LogP contribution in [0.3, 0.4) is 0 Å². The second-order valence-corrected chi connectivity index (χ2v) is 5.81. The summed E-state index contributed by atoms with van der Waals surface area (Å²) < 4.78 is 0. The van der Waals surface area contributed by atoms with Crippen molar-refractivity contribution >= 4 is 23.2 Å². The predicted octanol–water partition coefficient (Wildman–Crippen LogP) is 1.53. The van der Waals surface area contributed by atoms with E-state index < -0.39 is 5.97 Å². The number of aliphatic carboxylic acids is 1. The topological polar surface area (TPSA) is 70.5 Å². The van der Waals surface area contributed by atoms with Crippen LogP contribution in [-0.4, -0.2) is 39.0 Å². The number of carbonyl (C=O) groups is 2. The van der Waals surface area contributed by atoms with Gasteiger partial charge in [0.05, 0.1) is 17.1 Å². The van der Waals surface area contributed by atoms with Gasteiger partial charge in [-0.25, -0.2) is 4.98 Å². The van der Waals surface area contributed by atoms with E-state index >= 15 is 0 Å². The Balaban J connectivity index is 1.88. The van der Waals surface area contributed by atoms with Crippen LogP contribution in [0.2, 0.25) is 0 Å². The van der Waals surface area contributed by atoms with Crippen molar-refractivity contribution in [1.29, 1.82) is 0 Å². The number of thiazole rings is 1.